The zero-order valence-electron chi connectivity index (χ0n) is 17.7. The minimum atomic E-state index is -0.759. The molecule has 2 aliphatic rings. The highest BCUT2D eigenvalue weighted by atomic mass is 35.5. The van der Waals surface area contributed by atoms with Crippen LogP contribution in [0.1, 0.15) is 49.4 Å². The number of carbonyl (C=O) groups excluding carboxylic acids is 2. The summed E-state index contributed by atoms with van der Waals surface area (Å²) in [6, 6.07) is 6.18. The maximum absolute atomic E-state index is 12.7. The Labute approximate surface area is 183 Å². The van der Waals surface area contributed by atoms with Crippen LogP contribution in [-0.2, 0) is 4.79 Å². The first kappa shape index (κ1) is 22.7. The number of aliphatic hydroxyl groups is 1. The topological polar surface area (TPSA) is 84.9 Å². The smallest absolute Gasteiger partial charge is 0.251 e. The number of amides is 2. The van der Waals surface area contributed by atoms with Crippen molar-refractivity contribution in [3.05, 3.63) is 23.8 Å². The Balaban J connectivity index is 1.74. The van der Waals surface area contributed by atoms with Gasteiger partial charge in [-0.25, -0.2) is 0 Å². The number of piperidine rings is 2. The van der Waals surface area contributed by atoms with Gasteiger partial charge in [0.05, 0.1) is 12.0 Å². The van der Waals surface area contributed by atoms with Crippen molar-refractivity contribution >= 4 is 34.8 Å². The number of rotatable bonds is 7. The molecule has 0 aromatic heterocycles. The second-order valence-corrected chi connectivity index (χ2v) is 8.57. The molecule has 0 radical (unpaired) electrons. The fraction of sp³-hybridized carbons (Fsp3) is 0.636. The molecule has 2 amide bonds. The third kappa shape index (κ3) is 6.25. The molecule has 7 nitrogen and oxygen atoms in total. The van der Waals surface area contributed by atoms with Gasteiger partial charge in [-0.1, -0.05) is 0 Å². The number of likely N-dealkylation sites (tertiary alicyclic amines) is 1. The van der Waals surface area contributed by atoms with E-state index in [0.29, 0.717) is 5.56 Å². The quantitative estimate of drug-likeness (QED) is 0.571. The molecule has 1 unspecified atom stereocenters. The van der Waals surface area contributed by atoms with Crippen LogP contribution in [0.25, 0.3) is 0 Å². The van der Waals surface area contributed by atoms with E-state index in [2.05, 4.69) is 21.6 Å². The van der Waals surface area contributed by atoms with Gasteiger partial charge in [-0.2, -0.15) is 0 Å². The number of hydrogen-bond donors (Lipinski definition) is 3. The summed E-state index contributed by atoms with van der Waals surface area (Å²) in [6.07, 6.45) is 4.57. The van der Waals surface area contributed by atoms with Crippen LogP contribution in [0.2, 0.25) is 0 Å². The van der Waals surface area contributed by atoms with E-state index in [4.69, 9.17) is 11.6 Å². The van der Waals surface area contributed by atoms with Crippen molar-refractivity contribution < 1.29 is 14.7 Å². The van der Waals surface area contributed by atoms with Crippen molar-refractivity contribution in [1.82, 2.24) is 10.2 Å². The van der Waals surface area contributed by atoms with Crippen molar-refractivity contribution in [2.75, 3.05) is 48.8 Å². The van der Waals surface area contributed by atoms with Gasteiger partial charge >= 0.3 is 0 Å². The van der Waals surface area contributed by atoms with E-state index < -0.39 is 6.10 Å². The summed E-state index contributed by atoms with van der Waals surface area (Å²) in [7, 11) is 0. The molecule has 2 saturated heterocycles. The van der Waals surface area contributed by atoms with E-state index in [1.54, 1.807) is 6.92 Å². The molecule has 1 aromatic carbocycles. The van der Waals surface area contributed by atoms with Gasteiger partial charge in [-0.3, -0.25) is 9.59 Å². The first-order valence-corrected chi connectivity index (χ1v) is 11.4. The average molecular weight is 437 g/mol. The largest absolute Gasteiger partial charge is 0.390 e. The number of halogens is 1. The van der Waals surface area contributed by atoms with E-state index in [1.165, 1.54) is 6.42 Å². The number of carbonyl (C=O) groups is 2. The van der Waals surface area contributed by atoms with Gasteiger partial charge in [0.15, 0.2) is 0 Å². The summed E-state index contributed by atoms with van der Waals surface area (Å²) in [5.41, 5.74) is 2.54. The lowest BCUT2D eigenvalue weighted by molar-refractivity contribution is -0.129. The summed E-state index contributed by atoms with van der Waals surface area (Å²) < 4.78 is 0. The van der Waals surface area contributed by atoms with Crippen molar-refractivity contribution in [1.29, 1.82) is 0 Å². The number of anilines is 2. The number of aliphatic hydroxyl groups excluding tert-OH is 1. The van der Waals surface area contributed by atoms with Crippen LogP contribution >= 0.6 is 11.6 Å². The molecule has 3 rings (SSSR count). The Hall–Kier alpha value is -1.99. The first-order chi connectivity index (χ1) is 14.5. The third-order valence-electron chi connectivity index (χ3n) is 5.89. The van der Waals surface area contributed by atoms with E-state index in [0.717, 1.165) is 63.2 Å². The lowest BCUT2D eigenvalue weighted by atomic mass is 10.0. The molecule has 2 heterocycles. The van der Waals surface area contributed by atoms with Crippen LogP contribution < -0.4 is 15.5 Å². The number of hydrogen-bond acceptors (Lipinski definition) is 5. The molecule has 0 saturated carbocycles. The maximum Gasteiger partial charge on any atom is 0.251 e. The molecule has 2 aliphatic heterocycles. The Bertz CT molecular complexity index is 731. The summed E-state index contributed by atoms with van der Waals surface area (Å²) in [6.45, 7) is 5.23. The standard InChI is InChI=1S/C22H33ClN4O3/c1-16(28)26-9-5-18(6-10-26)25-19-11-17(22(30)24-15-21(29)14-23)12-20(13-19)27-7-3-2-4-8-27/h11-13,18,21,25,29H,2-10,14-15H2,1H3,(H,24,30). The van der Waals surface area contributed by atoms with Gasteiger partial charge < -0.3 is 25.5 Å². The minimum Gasteiger partial charge on any atom is -0.390 e. The van der Waals surface area contributed by atoms with Crippen molar-refractivity contribution in [2.24, 2.45) is 0 Å². The second-order valence-electron chi connectivity index (χ2n) is 8.26. The van der Waals surface area contributed by atoms with Gasteiger partial charge in [0.2, 0.25) is 5.91 Å². The molecule has 166 valence electrons. The maximum atomic E-state index is 12.7. The SMILES string of the molecule is CC(=O)N1CCC(Nc2cc(C(=O)NCC(O)CCl)cc(N3CCCCC3)c2)CC1. The monoisotopic (exact) mass is 436 g/mol. The molecule has 1 aromatic rings. The Morgan fingerprint density at radius 2 is 1.83 bits per heavy atom. The Kier molecular flexibility index (Phi) is 8.22. The minimum absolute atomic E-state index is 0.0832. The van der Waals surface area contributed by atoms with Crippen LogP contribution in [0, 0.1) is 0 Å². The van der Waals surface area contributed by atoms with Crippen LogP contribution in [0.15, 0.2) is 18.2 Å². The molecule has 2 fully saturated rings. The normalized spacial score (nSPS) is 18.8. The molecule has 0 spiro atoms. The number of nitrogens with zero attached hydrogens (tertiary/aromatic N) is 2. The number of nitrogens with one attached hydrogen (secondary N) is 2. The molecular formula is C22H33ClN4O3. The average Bonchev–Trinajstić information content (AvgIpc) is 2.78. The summed E-state index contributed by atoms with van der Waals surface area (Å²) in [4.78, 5) is 28.5. The lowest BCUT2D eigenvalue weighted by Gasteiger charge is -2.33. The van der Waals surface area contributed by atoms with E-state index in [-0.39, 0.29) is 30.3 Å². The Morgan fingerprint density at radius 3 is 2.47 bits per heavy atom. The van der Waals surface area contributed by atoms with Gasteiger partial charge in [0.25, 0.3) is 5.91 Å². The van der Waals surface area contributed by atoms with Crippen molar-refractivity contribution in [2.45, 2.75) is 51.2 Å². The number of alkyl halides is 1. The van der Waals surface area contributed by atoms with Gasteiger partial charge in [-0.05, 0) is 50.3 Å². The van der Waals surface area contributed by atoms with Crippen molar-refractivity contribution in [3.8, 4) is 0 Å². The highest BCUT2D eigenvalue weighted by Crippen LogP contribution is 2.27. The van der Waals surface area contributed by atoms with E-state index in [9.17, 15) is 14.7 Å². The van der Waals surface area contributed by atoms with Crippen LogP contribution in [0.3, 0.4) is 0 Å². The predicted octanol–water partition coefficient (Wildman–Crippen LogP) is 2.43. The van der Waals surface area contributed by atoms with Crippen LogP contribution in [0.5, 0.6) is 0 Å². The molecule has 3 N–H and O–H groups in total. The fourth-order valence-electron chi connectivity index (χ4n) is 4.10. The lowest BCUT2D eigenvalue weighted by Crippen LogP contribution is -2.41. The van der Waals surface area contributed by atoms with Gasteiger partial charge in [-0.15, -0.1) is 11.6 Å². The first-order valence-electron chi connectivity index (χ1n) is 10.9. The molecule has 0 bridgehead atoms. The highest BCUT2D eigenvalue weighted by Gasteiger charge is 2.22. The second kappa shape index (κ2) is 10.9. The van der Waals surface area contributed by atoms with Crippen molar-refractivity contribution in [3.63, 3.8) is 0 Å². The third-order valence-corrected chi connectivity index (χ3v) is 6.24. The summed E-state index contributed by atoms with van der Waals surface area (Å²) in [5, 5.41) is 16.0. The molecule has 1 atom stereocenters. The highest BCUT2D eigenvalue weighted by molar-refractivity contribution is 6.18. The van der Waals surface area contributed by atoms with Crippen LogP contribution in [-0.4, -0.2) is 72.6 Å². The van der Waals surface area contributed by atoms with E-state index in [1.807, 2.05) is 17.0 Å². The summed E-state index contributed by atoms with van der Waals surface area (Å²) >= 11 is 5.63. The van der Waals surface area contributed by atoms with Crippen LogP contribution in [0.4, 0.5) is 11.4 Å². The van der Waals surface area contributed by atoms with Gasteiger partial charge in [0.1, 0.15) is 0 Å². The predicted molar refractivity (Wildman–Crippen MR) is 120 cm³/mol. The van der Waals surface area contributed by atoms with E-state index >= 15 is 0 Å². The fourth-order valence-corrected chi connectivity index (χ4v) is 4.21. The molecular weight excluding hydrogens is 404 g/mol. The molecule has 30 heavy (non-hydrogen) atoms. The zero-order chi connectivity index (χ0) is 21.5. The molecule has 8 heteroatoms. The number of benzene rings is 1. The molecule has 0 aliphatic carbocycles. The summed E-state index contributed by atoms with van der Waals surface area (Å²) in [5.74, 6) is -0.00837. The van der Waals surface area contributed by atoms with Gasteiger partial charge in [0, 0.05) is 62.6 Å². The zero-order valence-corrected chi connectivity index (χ0v) is 18.5. The Morgan fingerprint density at radius 1 is 1.13 bits per heavy atom.